The molecule has 0 unspecified atom stereocenters. The summed E-state index contributed by atoms with van der Waals surface area (Å²) in [5, 5.41) is 13.4. The molecule has 2 aromatic heterocycles. The fraction of sp³-hybridized carbons (Fsp3) is 0.333. The Morgan fingerprint density at radius 3 is 2.78 bits per heavy atom. The maximum absolute atomic E-state index is 12.8. The Balaban J connectivity index is 0.00000289. The van der Waals surface area contributed by atoms with Gasteiger partial charge < -0.3 is 26.0 Å². The molecule has 0 aliphatic heterocycles. The third-order valence-corrected chi connectivity index (χ3v) is 7.53. The van der Waals surface area contributed by atoms with Crippen LogP contribution in [0.3, 0.4) is 0 Å². The number of carbonyl (C=O) groups excluding carboxylic acids is 2. The maximum Gasteiger partial charge on any atom is 0.253 e. The Bertz CT molecular complexity index is 1150. The van der Waals surface area contributed by atoms with Gasteiger partial charge in [0.05, 0.1) is 33.7 Å². The van der Waals surface area contributed by atoms with Gasteiger partial charge in [0.25, 0.3) is 5.91 Å². The van der Waals surface area contributed by atoms with Crippen LogP contribution in [0, 0.1) is 0 Å². The summed E-state index contributed by atoms with van der Waals surface area (Å²) in [6.45, 7) is -0.162. The Morgan fingerprint density at radius 2 is 2.09 bits per heavy atom. The molecule has 0 fully saturated rings. The van der Waals surface area contributed by atoms with E-state index in [9.17, 15) is 14.7 Å². The lowest BCUT2D eigenvalue weighted by atomic mass is 10.0. The summed E-state index contributed by atoms with van der Waals surface area (Å²) in [6.07, 6.45) is -0.556. The largest absolute Gasteiger partial charge is 0.382 e. The number of nitrogens with two attached hydrogens (primary N) is 1. The first-order valence-electron chi connectivity index (χ1n) is 9.77. The molecule has 0 bridgehead atoms. The number of aliphatic hydroxyl groups is 1. The van der Waals surface area contributed by atoms with E-state index in [1.165, 1.54) is 16.2 Å². The minimum atomic E-state index is -1.28. The van der Waals surface area contributed by atoms with Gasteiger partial charge in [0, 0.05) is 19.3 Å². The smallest absolute Gasteiger partial charge is 0.253 e. The number of likely N-dealkylation sites (N-methyl/N-ethyl adjacent to an activating group) is 1. The van der Waals surface area contributed by atoms with Crippen molar-refractivity contribution in [1.29, 1.82) is 0 Å². The van der Waals surface area contributed by atoms with E-state index >= 15 is 0 Å². The van der Waals surface area contributed by atoms with Crippen molar-refractivity contribution in [3.8, 4) is 0 Å². The van der Waals surface area contributed by atoms with Gasteiger partial charge in [-0.2, -0.15) is 0 Å². The number of carbonyl (C=O) groups is 2. The van der Waals surface area contributed by atoms with Gasteiger partial charge >= 0.3 is 0 Å². The number of nitrogens with one attached hydrogen (secondary N) is 2. The molecule has 172 valence electrons. The van der Waals surface area contributed by atoms with Gasteiger partial charge in [-0.05, 0) is 23.6 Å². The Labute approximate surface area is 205 Å². The summed E-state index contributed by atoms with van der Waals surface area (Å²) < 4.78 is 1.41. The van der Waals surface area contributed by atoms with Crippen molar-refractivity contribution in [2.75, 3.05) is 13.6 Å². The molecule has 0 spiro atoms. The van der Waals surface area contributed by atoms with E-state index < -0.39 is 18.1 Å². The average molecular weight is 518 g/mol. The van der Waals surface area contributed by atoms with Gasteiger partial charge in [-0.1, -0.05) is 47.5 Å². The molecule has 32 heavy (non-hydrogen) atoms. The zero-order valence-electron chi connectivity index (χ0n) is 17.1. The molecule has 7 nitrogen and oxygen atoms in total. The molecular weight excluding hydrogens is 495 g/mol. The molecule has 3 atom stereocenters. The quantitative estimate of drug-likeness (QED) is 0.403. The number of hydrogen-bond donors (Lipinski definition) is 4. The summed E-state index contributed by atoms with van der Waals surface area (Å²) >= 11 is 13.6. The summed E-state index contributed by atoms with van der Waals surface area (Å²) in [6, 6.07) is 8.90. The normalized spacial score (nSPS) is 18.2. The average Bonchev–Trinajstić information content (AvgIpc) is 3.38. The van der Waals surface area contributed by atoms with Crippen LogP contribution < -0.4 is 11.1 Å². The summed E-state index contributed by atoms with van der Waals surface area (Å²) in [5.41, 5.74) is 8.93. The van der Waals surface area contributed by atoms with E-state index in [1.54, 1.807) is 7.05 Å². The summed E-state index contributed by atoms with van der Waals surface area (Å²) in [4.78, 5) is 30.0. The van der Waals surface area contributed by atoms with Crippen molar-refractivity contribution < 1.29 is 14.7 Å². The molecule has 5 N–H and O–H groups in total. The van der Waals surface area contributed by atoms with Gasteiger partial charge in [-0.15, -0.1) is 23.7 Å². The van der Waals surface area contributed by atoms with E-state index in [1.807, 2.05) is 30.3 Å². The maximum atomic E-state index is 12.8. The molecule has 0 radical (unpaired) electrons. The highest BCUT2D eigenvalue weighted by molar-refractivity contribution is 7.23. The number of H-pyrrole nitrogens is 1. The highest BCUT2D eigenvalue weighted by Crippen LogP contribution is 2.39. The molecule has 1 aromatic carbocycles. The highest BCUT2D eigenvalue weighted by Gasteiger charge is 2.39. The van der Waals surface area contributed by atoms with Crippen LogP contribution in [-0.2, 0) is 22.4 Å². The third kappa shape index (κ3) is 4.62. The lowest BCUT2D eigenvalue weighted by Gasteiger charge is -2.32. The number of thiophene rings is 1. The van der Waals surface area contributed by atoms with E-state index in [2.05, 4.69) is 10.3 Å². The summed E-state index contributed by atoms with van der Waals surface area (Å²) in [5.74, 6) is -0.654. The number of benzene rings is 1. The second-order valence-corrected chi connectivity index (χ2v) is 9.66. The molecule has 2 heterocycles. The minimum Gasteiger partial charge on any atom is -0.382 e. The molecule has 4 rings (SSSR count). The van der Waals surface area contributed by atoms with E-state index in [0.29, 0.717) is 15.8 Å². The number of aliphatic hydroxyl groups excluding tert-OH is 1. The van der Waals surface area contributed by atoms with Crippen LogP contribution in [0.15, 0.2) is 30.3 Å². The fourth-order valence-corrected chi connectivity index (χ4v) is 5.66. The number of aromatic nitrogens is 1. The van der Waals surface area contributed by atoms with Crippen LogP contribution in [0.25, 0.3) is 10.2 Å². The molecule has 0 saturated carbocycles. The van der Waals surface area contributed by atoms with Crippen LogP contribution >= 0.6 is 46.9 Å². The van der Waals surface area contributed by atoms with Crippen molar-refractivity contribution in [2.24, 2.45) is 5.73 Å². The first-order chi connectivity index (χ1) is 14.8. The van der Waals surface area contributed by atoms with Crippen LogP contribution in [0.1, 0.15) is 22.9 Å². The minimum absolute atomic E-state index is 0. The zero-order valence-corrected chi connectivity index (χ0v) is 20.2. The molecule has 1 aliphatic rings. The molecular formula is C21H23Cl3N4O3S. The van der Waals surface area contributed by atoms with Gasteiger partial charge in [0.1, 0.15) is 10.4 Å². The number of aromatic amines is 1. The van der Waals surface area contributed by atoms with Crippen molar-refractivity contribution >= 4 is 69.0 Å². The zero-order chi connectivity index (χ0) is 22.3. The predicted molar refractivity (Wildman–Crippen MR) is 130 cm³/mol. The van der Waals surface area contributed by atoms with Crippen molar-refractivity contribution in [1.82, 2.24) is 15.2 Å². The number of nitrogens with zero attached hydrogens (tertiary/aromatic N) is 1. The molecule has 2 amide bonds. The lowest BCUT2D eigenvalue weighted by molar-refractivity contribution is -0.141. The Hall–Kier alpha value is -1.81. The van der Waals surface area contributed by atoms with Crippen LogP contribution in [0.2, 0.25) is 9.36 Å². The van der Waals surface area contributed by atoms with E-state index in [0.717, 1.165) is 27.0 Å². The first kappa shape index (κ1) is 24.8. The molecule has 3 aromatic rings. The number of hydrogen-bond acceptors (Lipinski definition) is 5. The van der Waals surface area contributed by atoms with E-state index in [-0.39, 0.29) is 37.3 Å². The standard InChI is InChI=1S/C21H22Cl2N4O3S.ClH/c1-27(21(30)14(28)9-24)19-12-5-3-2-4-10(12)6-13(19)26-16(29)8-11-7-15-18(25-11)17(22)20(23)31-15;/h2-5,7,13-14,19,25,28H,6,8-9,24H2,1H3,(H,26,29);1H/t13-,14+,19-;/m1./s1. The van der Waals surface area contributed by atoms with Crippen molar-refractivity contribution in [2.45, 2.75) is 31.0 Å². The third-order valence-electron chi connectivity index (χ3n) is 5.59. The number of halogens is 3. The second-order valence-electron chi connectivity index (χ2n) is 7.62. The van der Waals surface area contributed by atoms with Gasteiger partial charge in [0.2, 0.25) is 5.91 Å². The van der Waals surface area contributed by atoms with Crippen LogP contribution in [-0.4, -0.2) is 52.5 Å². The molecule has 0 saturated heterocycles. The van der Waals surface area contributed by atoms with Crippen LogP contribution in [0.4, 0.5) is 0 Å². The van der Waals surface area contributed by atoms with Crippen molar-refractivity contribution in [3.63, 3.8) is 0 Å². The Morgan fingerprint density at radius 1 is 1.38 bits per heavy atom. The topological polar surface area (TPSA) is 111 Å². The predicted octanol–water partition coefficient (Wildman–Crippen LogP) is 3.06. The lowest BCUT2D eigenvalue weighted by Crippen LogP contribution is -2.49. The van der Waals surface area contributed by atoms with Crippen LogP contribution in [0.5, 0.6) is 0 Å². The van der Waals surface area contributed by atoms with Gasteiger partial charge in [0.15, 0.2) is 0 Å². The second kappa shape index (κ2) is 9.99. The number of amides is 2. The Kier molecular flexibility index (Phi) is 7.75. The summed E-state index contributed by atoms with van der Waals surface area (Å²) in [7, 11) is 1.62. The molecule has 11 heteroatoms. The number of fused-ring (bicyclic) bond motifs is 2. The van der Waals surface area contributed by atoms with E-state index in [4.69, 9.17) is 28.9 Å². The van der Waals surface area contributed by atoms with Gasteiger partial charge in [-0.3, -0.25) is 9.59 Å². The number of rotatable bonds is 6. The van der Waals surface area contributed by atoms with Gasteiger partial charge in [-0.25, -0.2) is 0 Å². The first-order valence-corrected chi connectivity index (χ1v) is 11.3. The molecule has 1 aliphatic carbocycles. The van der Waals surface area contributed by atoms with Crippen molar-refractivity contribution in [3.05, 3.63) is 56.5 Å². The highest BCUT2D eigenvalue weighted by atomic mass is 35.5. The SMILES string of the molecule is CN(C(=O)[C@@H](O)CN)[C@@H]1c2ccccc2C[C@H]1NC(=O)Cc1cc2sc(Cl)c(Cl)c2[nH]1.Cl. The monoisotopic (exact) mass is 516 g/mol. The fourth-order valence-electron chi connectivity index (χ4n) is 4.15.